The number of aromatic amines is 1. The highest BCUT2D eigenvalue weighted by Gasteiger charge is 2.33. The standard InChI is InChI=1S/C21H21ClN4O2/c22-17-3-4-19-18(9-17)15(12-24-19)5-7-26-13-16(8-20(26)27)21(28)25-11-14-2-1-6-23-10-14/h1-4,6,9-10,12,16,24H,5,7-8,11,13H2,(H,25,28)/t16-/m1/s1. The second-order valence-corrected chi connectivity index (χ2v) is 7.51. The summed E-state index contributed by atoms with van der Waals surface area (Å²) in [6.07, 6.45) is 6.36. The minimum atomic E-state index is -0.304. The normalized spacial score (nSPS) is 16.7. The van der Waals surface area contributed by atoms with Crippen LogP contribution in [-0.2, 0) is 22.6 Å². The number of likely N-dealkylation sites (tertiary alicyclic amines) is 1. The molecule has 3 heterocycles. The van der Waals surface area contributed by atoms with E-state index < -0.39 is 0 Å². The number of hydrogen-bond acceptors (Lipinski definition) is 3. The van der Waals surface area contributed by atoms with Crippen LogP contribution in [-0.4, -0.2) is 39.8 Å². The largest absolute Gasteiger partial charge is 0.361 e. The molecule has 1 aromatic carbocycles. The Balaban J connectivity index is 1.33. The number of amides is 2. The molecular formula is C21H21ClN4O2. The van der Waals surface area contributed by atoms with Crippen molar-refractivity contribution >= 4 is 34.3 Å². The van der Waals surface area contributed by atoms with Crippen LogP contribution >= 0.6 is 11.6 Å². The third-order valence-electron chi connectivity index (χ3n) is 5.16. The molecule has 144 valence electrons. The summed E-state index contributed by atoms with van der Waals surface area (Å²) in [7, 11) is 0. The first kappa shape index (κ1) is 18.5. The van der Waals surface area contributed by atoms with Crippen molar-refractivity contribution in [3.63, 3.8) is 0 Å². The molecule has 1 atom stereocenters. The van der Waals surface area contributed by atoms with E-state index in [0.29, 0.717) is 24.7 Å². The molecule has 2 amide bonds. The zero-order chi connectivity index (χ0) is 19.5. The molecule has 0 radical (unpaired) electrons. The maximum Gasteiger partial charge on any atom is 0.225 e. The van der Waals surface area contributed by atoms with Crippen molar-refractivity contribution in [1.29, 1.82) is 0 Å². The molecule has 0 bridgehead atoms. The van der Waals surface area contributed by atoms with Crippen molar-refractivity contribution in [2.45, 2.75) is 19.4 Å². The van der Waals surface area contributed by atoms with Crippen LogP contribution in [0.3, 0.4) is 0 Å². The summed E-state index contributed by atoms with van der Waals surface area (Å²) >= 11 is 6.10. The lowest BCUT2D eigenvalue weighted by atomic mass is 10.1. The summed E-state index contributed by atoms with van der Waals surface area (Å²) < 4.78 is 0. The number of nitrogens with one attached hydrogen (secondary N) is 2. The molecule has 1 saturated heterocycles. The topological polar surface area (TPSA) is 78.1 Å². The molecule has 4 rings (SSSR count). The number of halogens is 1. The highest BCUT2D eigenvalue weighted by Crippen LogP contribution is 2.24. The molecule has 0 unspecified atom stereocenters. The van der Waals surface area contributed by atoms with Gasteiger partial charge in [-0.25, -0.2) is 0 Å². The van der Waals surface area contributed by atoms with Gasteiger partial charge in [0, 0.05) is 60.6 Å². The van der Waals surface area contributed by atoms with Crippen LogP contribution in [0.15, 0.2) is 48.9 Å². The SMILES string of the molecule is O=C(NCc1cccnc1)[C@@H]1CC(=O)N(CCc2c[nH]c3ccc(Cl)cc23)C1. The Morgan fingerprint density at radius 3 is 3.07 bits per heavy atom. The third kappa shape index (κ3) is 4.02. The van der Waals surface area contributed by atoms with Crippen LogP contribution in [0, 0.1) is 5.92 Å². The van der Waals surface area contributed by atoms with Gasteiger partial charge in [-0.2, -0.15) is 0 Å². The molecule has 1 aliphatic rings. The third-order valence-corrected chi connectivity index (χ3v) is 5.39. The predicted molar refractivity (Wildman–Crippen MR) is 108 cm³/mol. The number of hydrogen-bond donors (Lipinski definition) is 2. The van der Waals surface area contributed by atoms with Crippen molar-refractivity contribution in [3.8, 4) is 0 Å². The van der Waals surface area contributed by atoms with E-state index in [-0.39, 0.29) is 24.2 Å². The van der Waals surface area contributed by atoms with Crippen LogP contribution < -0.4 is 5.32 Å². The molecule has 0 spiro atoms. The van der Waals surface area contributed by atoms with E-state index >= 15 is 0 Å². The van der Waals surface area contributed by atoms with Crippen molar-refractivity contribution < 1.29 is 9.59 Å². The first-order valence-corrected chi connectivity index (χ1v) is 9.68. The minimum absolute atomic E-state index is 0.0272. The lowest BCUT2D eigenvalue weighted by molar-refractivity contribution is -0.129. The Kier molecular flexibility index (Phi) is 5.30. The van der Waals surface area contributed by atoms with Gasteiger partial charge in [0.2, 0.25) is 11.8 Å². The summed E-state index contributed by atoms with van der Waals surface area (Å²) in [4.78, 5) is 33.8. The fraction of sp³-hybridized carbons (Fsp3) is 0.286. The number of nitrogens with zero attached hydrogens (tertiary/aromatic N) is 2. The highest BCUT2D eigenvalue weighted by molar-refractivity contribution is 6.31. The van der Waals surface area contributed by atoms with Gasteiger partial charge in [-0.05, 0) is 41.8 Å². The highest BCUT2D eigenvalue weighted by atomic mass is 35.5. The van der Waals surface area contributed by atoms with E-state index in [9.17, 15) is 9.59 Å². The van der Waals surface area contributed by atoms with Gasteiger partial charge in [0.25, 0.3) is 0 Å². The number of fused-ring (bicyclic) bond motifs is 1. The molecular weight excluding hydrogens is 376 g/mol. The van der Waals surface area contributed by atoms with Crippen molar-refractivity contribution in [3.05, 3.63) is 65.1 Å². The van der Waals surface area contributed by atoms with Gasteiger partial charge in [0.15, 0.2) is 0 Å². The van der Waals surface area contributed by atoms with E-state index in [4.69, 9.17) is 11.6 Å². The average molecular weight is 397 g/mol. The number of H-pyrrole nitrogens is 1. The Morgan fingerprint density at radius 2 is 2.25 bits per heavy atom. The molecule has 7 heteroatoms. The molecule has 2 N–H and O–H groups in total. The predicted octanol–water partition coefficient (Wildman–Crippen LogP) is 2.92. The Hall–Kier alpha value is -2.86. The Morgan fingerprint density at radius 1 is 1.36 bits per heavy atom. The molecule has 6 nitrogen and oxygen atoms in total. The fourth-order valence-electron chi connectivity index (χ4n) is 3.61. The molecule has 0 aliphatic carbocycles. The molecule has 28 heavy (non-hydrogen) atoms. The van der Waals surface area contributed by atoms with Crippen LogP contribution in [0.2, 0.25) is 5.02 Å². The van der Waals surface area contributed by atoms with E-state index in [1.54, 1.807) is 17.3 Å². The summed E-state index contributed by atoms with van der Waals surface area (Å²) in [6.45, 7) is 1.47. The molecule has 3 aromatic rings. The van der Waals surface area contributed by atoms with Gasteiger partial charge >= 0.3 is 0 Å². The number of rotatable bonds is 6. The lowest BCUT2D eigenvalue weighted by Gasteiger charge is -2.16. The molecule has 1 aliphatic heterocycles. The number of benzene rings is 1. The number of pyridine rings is 1. The van der Waals surface area contributed by atoms with Crippen LogP contribution in [0.25, 0.3) is 10.9 Å². The zero-order valence-corrected chi connectivity index (χ0v) is 16.1. The zero-order valence-electron chi connectivity index (χ0n) is 15.3. The maximum absolute atomic E-state index is 12.4. The first-order chi connectivity index (χ1) is 13.6. The summed E-state index contributed by atoms with van der Waals surface area (Å²) in [5.41, 5.74) is 3.09. The van der Waals surface area contributed by atoms with Crippen molar-refractivity contribution in [2.24, 2.45) is 5.92 Å². The van der Waals surface area contributed by atoms with Crippen LogP contribution in [0.1, 0.15) is 17.5 Å². The Bertz CT molecular complexity index is 1000. The molecule has 1 fully saturated rings. The minimum Gasteiger partial charge on any atom is -0.361 e. The van der Waals surface area contributed by atoms with Gasteiger partial charge in [-0.1, -0.05) is 17.7 Å². The lowest BCUT2D eigenvalue weighted by Crippen LogP contribution is -2.33. The molecule has 2 aromatic heterocycles. The Labute approximate surface area is 167 Å². The number of carbonyl (C=O) groups is 2. The summed E-state index contributed by atoms with van der Waals surface area (Å²) in [5, 5.41) is 4.67. The van der Waals surface area contributed by atoms with E-state index in [0.717, 1.165) is 28.5 Å². The van der Waals surface area contributed by atoms with E-state index in [1.807, 2.05) is 36.5 Å². The van der Waals surface area contributed by atoms with E-state index in [1.165, 1.54) is 0 Å². The first-order valence-electron chi connectivity index (χ1n) is 9.30. The second kappa shape index (κ2) is 8.02. The fourth-order valence-corrected chi connectivity index (χ4v) is 3.79. The van der Waals surface area contributed by atoms with Gasteiger partial charge in [-0.3, -0.25) is 14.6 Å². The van der Waals surface area contributed by atoms with Crippen LogP contribution in [0.4, 0.5) is 0 Å². The van der Waals surface area contributed by atoms with Gasteiger partial charge < -0.3 is 15.2 Å². The second-order valence-electron chi connectivity index (χ2n) is 7.07. The van der Waals surface area contributed by atoms with Gasteiger partial charge in [0.05, 0.1) is 5.92 Å². The smallest absolute Gasteiger partial charge is 0.225 e. The van der Waals surface area contributed by atoms with Crippen molar-refractivity contribution in [2.75, 3.05) is 13.1 Å². The quantitative estimate of drug-likeness (QED) is 0.672. The molecule has 0 saturated carbocycles. The number of aromatic nitrogens is 2. The number of carbonyl (C=O) groups excluding carboxylic acids is 2. The van der Waals surface area contributed by atoms with Crippen LogP contribution in [0.5, 0.6) is 0 Å². The van der Waals surface area contributed by atoms with Gasteiger partial charge in [-0.15, -0.1) is 0 Å². The van der Waals surface area contributed by atoms with Gasteiger partial charge in [0.1, 0.15) is 0 Å². The van der Waals surface area contributed by atoms with E-state index in [2.05, 4.69) is 15.3 Å². The monoisotopic (exact) mass is 396 g/mol. The maximum atomic E-state index is 12.4. The summed E-state index contributed by atoms with van der Waals surface area (Å²) in [6, 6.07) is 9.48. The average Bonchev–Trinajstić information content (AvgIpc) is 3.28. The summed E-state index contributed by atoms with van der Waals surface area (Å²) in [5.74, 6) is -0.362. The van der Waals surface area contributed by atoms with Crippen molar-refractivity contribution in [1.82, 2.24) is 20.2 Å².